The second kappa shape index (κ2) is 6.53. The fraction of sp³-hybridized carbons (Fsp3) is 0.600. The van der Waals surface area contributed by atoms with E-state index in [-0.39, 0.29) is 0 Å². The molecular formula is C10H17N3OS. The zero-order chi connectivity index (χ0) is 11.1. The normalized spacial score (nSPS) is 17.7. The Morgan fingerprint density at radius 1 is 1.60 bits per heavy atom. The standard InChI is InChI=1S/C10H17N3OS/c1-8-3-4-9(7-8)12-13-10(15)11-5-6-14-2/h7H,3-6H2,1-2H3,(H2,11,13,15). The van der Waals surface area contributed by atoms with Gasteiger partial charge in [0.1, 0.15) is 0 Å². The molecule has 0 radical (unpaired) electrons. The summed E-state index contributed by atoms with van der Waals surface area (Å²) in [6.07, 6.45) is 4.19. The van der Waals surface area contributed by atoms with Gasteiger partial charge in [0, 0.05) is 13.7 Å². The molecule has 0 aromatic carbocycles. The fourth-order valence-corrected chi connectivity index (χ4v) is 1.42. The van der Waals surface area contributed by atoms with Gasteiger partial charge in [-0.3, -0.25) is 5.43 Å². The van der Waals surface area contributed by atoms with Crippen LogP contribution in [0.5, 0.6) is 0 Å². The number of hydrazone groups is 1. The molecule has 0 saturated carbocycles. The fourth-order valence-electron chi connectivity index (χ4n) is 1.27. The Balaban J connectivity index is 2.21. The third kappa shape index (κ3) is 4.90. The zero-order valence-corrected chi connectivity index (χ0v) is 9.99. The minimum Gasteiger partial charge on any atom is -0.383 e. The van der Waals surface area contributed by atoms with E-state index in [0.29, 0.717) is 18.3 Å². The number of hydrogen-bond acceptors (Lipinski definition) is 3. The van der Waals surface area contributed by atoms with Gasteiger partial charge in [-0.1, -0.05) is 5.57 Å². The number of methoxy groups -OCH3 is 1. The molecule has 4 nitrogen and oxygen atoms in total. The maximum absolute atomic E-state index is 5.03. The van der Waals surface area contributed by atoms with Crippen molar-refractivity contribution >= 4 is 23.0 Å². The molecule has 0 amide bonds. The number of hydrogen-bond donors (Lipinski definition) is 2. The highest BCUT2D eigenvalue weighted by atomic mass is 32.1. The van der Waals surface area contributed by atoms with E-state index in [1.807, 2.05) is 0 Å². The molecule has 0 heterocycles. The summed E-state index contributed by atoms with van der Waals surface area (Å²) in [7, 11) is 1.66. The van der Waals surface area contributed by atoms with Gasteiger partial charge in [0.25, 0.3) is 0 Å². The van der Waals surface area contributed by atoms with Gasteiger partial charge in [-0.05, 0) is 38.1 Å². The molecule has 0 saturated heterocycles. The van der Waals surface area contributed by atoms with Crippen molar-refractivity contribution in [2.24, 2.45) is 5.10 Å². The second-order valence-corrected chi connectivity index (χ2v) is 3.86. The molecular weight excluding hydrogens is 210 g/mol. The average Bonchev–Trinajstić information content (AvgIpc) is 2.62. The van der Waals surface area contributed by atoms with Crippen LogP contribution < -0.4 is 10.7 Å². The Bertz CT molecular complexity index is 286. The third-order valence-corrected chi connectivity index (χ3v) is 2.32. The van der Waals surface area contributed by atoms with E-state index in [4.69, 9.17) is 17.0 Å². The molecule has 5 heteroatoms. The van der Waals surface area contributed by atoms with Crippen molar-refractivity contribution in [1.29, 1.82) is 0 Å². The van der Waals surface area contributed by atoms with Crippen LogP contribution in [0.2, 0.25) is 0 Å². The first-order valence-corrected chi connectivity index (χ1v) is 5.39. The summed E-state index contributed by atoms with van der Waals surface area (Å²) >= 11 is 5.03. The van der Waals surface area contributed by atoms with E-state index in [2.05, 4.69) is 28.8 Å². The SMILES string of the molecule is COCCNC(=S)NN=C1C=C(C)CC1. The minimum absolute atomic E-state index is 0.539. The summed E-state index contributed by atoms with van der Waals surface area (Å²) in [6.45, 7) is 3.44. The predicted octanol–water partition coefficient (Wildman–Crippen LogP) is 1.19. The predicted molar refractivity (Wildman–Crippen MR) is 66.0 cm³/mol. The maximum Gasteiger partial charge on any atom is 0.187 e. The van der Waals surface area contributed by atoms with Gasteiger partial charge < -0.3 is 10.1 Å². The van der Waals surface area contributed by atoms with Crippen molar-refractivity contribution in [3.63, 3.8) is 0 Å². The van der Waals surface area contributed by atoms with Gasteiger partial charge in [-0.15, -0.1) is 0 Å². The molecule has 0 aliphatic heterocycles. The van der Waals surface area contributed by atoms with Crippen LogP contribution in [0, 0.1) is 0 Å². The summed E-state index contributed by atoms with van der Waals surface area (Å²) in [6, 6.07) is 0. The lowest BCUT2D eigenvalue weighted by Crippen LogP contribution is -2.34. The van der Waals surface area contributed by atoms with Crippen molar-refractivity contribution in [2.45, 2.75) is 19.8 Å². The topological polar surface area (TPSA) is 45.6 Å². The van der Waals surface area contributed by atoms with Gasteiger partial charge in [-0.25, -0.2) is 0 Å². The number of nitrogens with one attached hydrogen (secondary N) is 2. The van der Waals surface area contributed by atoms with E-state index >= 15 is 0 Å². The molecule has 0 unspecified atom stereocenters. The number of allylic oxidation sites excluding steroid dienone is 2. The Labute approximate surface area is 95.8 Å². The Hall–Kier alpha value is -0.940. The first kappa shape index (κ1) is 12.1. The Kier molecular flexibility index (Phi) is 5.28. The molecule has 0 fully saturated rings. The molecule has 0 atom stereocenters. The van der Waals surface area contributed by atoms with Crippen LogP contribution in [0.1, 0.15) is 19.8 Å². The summed E-state index contributed by atoms with van der Waals surface area (Å²) in [5.74, 6) is 0. The first-order valence-electron chi connectivity index (χ1n) is 4.99. The van der Waals surface area contributed by atoms with E-state index < -0.39 is 0 Å². The largest absolute Gasteiger partial charge is 0.383 e. The second-order valence-electron chi connectivity index (χ2n) is 3.45. The van der Waals surface area contributed by atoms with Gasteiger partial charge >= 0.3 is 0 Å². The molecule has 1 aliphatic carbocycles. The van der Waals surface area contributed by atoms with Crippen LogP contribution in [0.4, 0.5) is 0 Å². The highest BCUT2D eigenvalue weighted by Gasteiger charge is 2.06. The monoisotopic (exact) mass is 227 g/mol. The van der Waals surface area contributed by atoms with Crippen LogP contribution in [0.15, 0.2) is 16.8 Å². The van der Waals surface area contributed by atoms with Crippen LogP contribution in [-0.4, -0.2) is 31.1 Å². The number of thiocarbonyl (C=S) groups is 1. The van der Waals surface area contributed by atoms with Crippen LogP contribution >= 0.6 is 12.2 Å². The first-order chi connectivity index (χ1) is 7.22. The lowest BCUT2D eigenvalue weighted by Gasteiger charge is -2.06. The highest BCUT2D eigenvalue weighted by molar-refractivity contribution is 7.80. The molecule has 2 N–H and O–H groups in total. The van der Waals surface area contributed by atoms with E-state index in [1.165, 1.54) is 5.57 Å². The van der Waals surface area contributed by atoms with Crippen molar-refractivity contribution in [2.75, 3.05) is 20.3 Å². The quantitative estimate of drug-likeness (QED) is 0.430. The third-order valence-electron chi connectivity index (χ3n) is 2.08. The summed E-state index contributed by atoms with van der Waals surface area (Å²) in [5.41, 5.74) is 5.24. The average molecular weight is 227 g/mol. The molecule has 1 rings (SSSR count). The number of nitrogens with zero attached hydrogens (tertiary/aromatic N) is 1. The minimum atomic E-state index is 0.539. The van der Waals surface area contributed by atoms with Crippen LogP contribution in [0.3, 0.4) is 0 Å². The van der Waals surface area contributed by atoms with E-state index in [1.54, 1.807) is 7.11 Å². The zero-order valence-electron chi connectivity index (χ0n) is 9.17. The molecule has 0 spiro atoms. The lowest BCUT2D eigenvalue weighted by atomic mass is 10.3. The summed E-state index contributed by atoms with van der Waals surface area (Å²) in [5, 5.41) is 7.72. The van der Waals surface area contributed by atoms with Gasteiger partial charge in [-0.2, -0.15) is 5.10 Å². The lowest BCUT2D eigenvalue weighted by molar-refractivity contribution is 0.204. The summed E-state index contributed by atoms with van der Waals surface area (Å²) in [4.78, 5) is 0. The summed E-state index contributed by atoms with van der Waals surface area (Å²) < 4.78 is 4.89. The van der Waals surface area contributed by atoms with Gasteiger partial charge in [0.05, 0.1) is 12.3 Å². The van der Waals surface area contributed by atoms with Crippen LogP contribution in [-0.2, 0) is 4.74 Å². The highest BCUT2D eigenvalue weighted by Crippen LogP contribution is 2.13. The molecule has 15 heavy (non-hydrogen) atoms. The number of ether oxygens (including phenoxy) is 1. The molecule has 1 aliphatic rings. The van der Waals surface area contributed by atoms with Crippen molar-refractivity contribution in [3.8, 4) is 0 Å². The van der Waals surface area contributed by atoms with Gasteiger partial charge in [0.15, 0.2) is 5.11 Å². The van der Waals surface area contributed by atoms with E-state index in [9.17, 15) is 0 Å². The van der Waals surface area contributed by atoms with Crippen molar-refractivity contribution in [1.82, 2.24) is 10.7 Å². The van der Waals surface area contributed by atoms with Crippen molar-refractivity contribution < 1.29 is 4.74 Å². The smallest absolute Gasteiger partial charge is 0.187 e. The maximum atomic E-state index is 5.03. The molecule has 0 aromatic heterocycles. The Morgan fingerprint density at radius 3 is 3.00 bits per heavy atom. The molecule has 0 aromatic rings. The Morgan fingerprint density at radius 2 is 2.40 bits per heavy atom. The van der Waals surface area contributed by atoms with Crippen LogP contribution in [0.25, 0.3) is 0 Å². The van der Waals surface area contributed by atoms with Crippen molar-refractivity contribution in [3.05, 3.63) is 11.6 Å². The molecule has 0 bridgehead atoms. The molecule has 84 valence electrons. The number of rotatable bonds is 4. The van der Waals surface area contributed by atoms with Gasteiger partial charge in [0.2, 0.25) is 0 Å². The van der Waals surface area contributed by atoms with E-state index in [0.717, 1.165) is 18.6 Å².